The number of benzene rings is 1. The number of piperazine rings is 1. The third-order valence-corrected chi connectivity index (χ3v) is 4.49. The van der Waals surface area contributed by atoms with E-state index < -0.39 is 0 Å². The summed E-state index contributed by atoms with van der Waals surface area (Å²) >= 11 is 3.49. The summed E-state index contributed by atoms with van der Waals surface area (Å²) in [6.07, 6.45) is 0.934. The van der Waals surface area contributed by atoms with Crippen LogP contribution in [0.4, 0.5) is 0 Å². The van der Waals surface area contributed by atoms with Crippen LogP contribution in [0.3, 0.4) is 0 Å². The predicted octanol–water partition coefficient (Wildman–Crippen LogP) is 1.92. The van der Waals surface area contributed by atoms with Crippen LogP contribution in [0.5, 0.6) is 11.5 Å². The molecule has 0 bridgehead atoms. The number of rotatable bonds is 4. The summed E-state index contributed by atoms with van der Waals surface area (Å²) < 4.78 is 5.92. The zero-order valence-electron chi connectivity index (χ0n) is 11.5. The van der Waals surface area contributed by atoms with Crippen molar-refractivity contribution >= 4 is 15.9 Å². The Balaban J connectivity index is 2.09. The number of hydrogen-bond donors (Lipinski definition) is 2. The Bertz CT molecular complexity index is 446. The van der Waals surface area contributed by atoms with Gasteiger partial charge >= 0.3 is 0 Å². The molecule has 2 N–H and O–H groups in total. The topological polar surface area (TPSA) is 44.7 Å². The fourth-order valence-electron chi connectivity index (χ4n) is 2.44. The lowest BCUT2D eigenvalue weighted by atomic mass is 10.0. The van der Waals surface area contributed by atoms with E-state index in [0.29, 0.717) is 5.75 Å². The van der Waals surface area contributed by atoms with E-state index >= 15 is 0 Å². The molecule has 106 valence electrons. The lowest BCUT2D eigenvalue weighted by Gasteiger charge is -2.27. The van der Waals surface area contributed by atoms with Gasteiger partial charge in [-0.3, -0.25) is 0 Å². The van der Waals surface area contributed by atoms with Crippen molar-refractivity contribution in [2.45, 2.75) is 13.3 Å². The number of aryl methyl sites for hydroxylation is 1. The summed E-state index contributed by atoms with van der Waals surface area (Å²) in [7, 11) is 1.57. The average molecular weight is 329 g/mol. The fraction of sp³-hybridized carbons (Fsp3) is 0.571. The molecule has 1 aromatic rings. The summed E-state index contributed by atoms with van der Waals surface area (Å²) in [5, 5.41) is 13.4. The summed E-state index contributed by atoms with van der Waals surface area (Å²) in [5.74, 6) is 0.721. The first kappa shape index (κ1) is 14.6. The van der Waals surface area contributed by atoms with E-state index in [4.69, 9.17) is 4.74 Å². The van der Waals surface area contributed by atoms with Crippen LogP contribution in [-0.4, -0.2) is 49.8 Å². The van der Waals surface area contributed by atoms with Crippen molar-refractivity contribution in [3.8, 4) is 11.5 Å². The van der Waals surface area contributed by atoms with E-state index in [0.717, 1.165) is 54.7 Å². The lowest BCUT2D eigenvalue weighted by molar-refractivity contribution is 0.243. The molecule has 0 aromatic heterocycles. The highest BCUT2D eigenvalue weighted by Gasteiger charge is 2.16. The molecule has 1 fully saturated rings. The number of nitrogens with one attached hydrogen (secondary N) is 1. The molecule has 1 saturated heterocycles. The van der Waals surface area contributed by atoms with Gasteiger partial charge in [-0.15, -0.1) is 0 Å². The highest BCUT2D eigenvalue weighted by molar-refractivity contribution is 9.10. The van der Waals surface area contributed by atoms with Gasteiger partial charge in [0.2, 0.25) is 0 Å². The number of halogens is 1. The Hall–Kier alpha value is -0.780. The summed E-state index contributed by atoms with van der Waals surface area (Å²) in [4.78, 5) is 2.45. The van der Waals surface area contributed by atoms with Gasteiger partial charge in [-0.1, -0.05) is 0 Å². The largest absolute Gasteiger partial charge is 0.503 e. The second-order valence-corrected chi connectivity index (χ2v) is 5.67. The number of nitrogens with zero attached hydrogens (tertiary/aromatic N) is 1. The molecule has 19 heavy (non-hydrogen) atoms. The zero-order chi connectivity index (χ0) is 13.8. The standard InChI is InChI=1S/C14H21BrN2O2/c1-10-9-12(19-2)14(18)13(15)11(10)3-6-17-7-4-16-5-8-17/h9,16,18H,3-8H2,1-2H3. The number of phenolic OH excluding ortho intramolecular Hbond substituents is 1. The molecule has 4 nitrogen and oxygen atoms in total. The SMILES string of the molecule is COc1cc(C)c(CCN2CCNCC2)c(Br)c1O. The van der Waals surface area contributed by atoms with Crippen LogP contribution in [0, 0.1) is 6.92 Å². The minimum atomic E-state index is 0.198. The molecule has 0 unspecified atom stereocenters. The number of ether oxygens (including phenoxy) is 1. The first-order valence-corrected chi connectivity index (χ1v) is 7.40. The number of hydrogen-bond acceptors (Lipinski definition) is 4. The molecule has 0 atom stereocenters. The third kappa shape index (κ3) is 3.41. The second-order valence-electron chi connectivity index (χ2n) is 4.88. The smallest absolute Gasteiger partial charge is 0.172 e. The molecule has 1 aliphatic heterocycles. The maximum Gasteiger partial charge on any atom is 0.172 e. The van der Waals surface area contributed by atoms with Crippen molar-refractivity contribution in [2.75, 3.05) is 39.8 Å². The van der Waals surface area contributed by atoms with Gasteiger partial charge < -0.3 is 20.1 Å². The monoisotopic (exact) mass is 328 g/mol. The van der Waals surface area contributed by atoms with Crippen LogP contribution in [0.1, 0.15) is 11.1 Å². The molecule has 0 saturated carbocycles. The van der Waals surface area contributed by atoms with Gasteiger partial charge in [-0.2, -0.15) is 0 Å². The first-order valence-electron chi connectivity index (χ1n) is 6.61. The van der Waals surface area contributed by atoms with Crippen LogP contribution in [0.15, 0.2) is 10.5 Å². The van der Waals surface area contributed by atoms with Crippen molar-refractivity contribution in [1.82, 2.24) is 10.2 Å². The minimum Gasteiger partial charge on any atom is -0.503 e. The molecule has 0 aliphatic carbocycles. The molecule has 1 aliphatic rings. The van der Waals surface area contributed by atoms with Gasteiger partial charge in [0, 0.05) is 32.7 Å². The Morgan fingerprint density at radius 1 is 1.42 bits per heavy atom. The molecular formula is C14H21BrN2O2. The van der Waals surface area contributed by atoms with Crippen LogP contribution in [0.25, 0.3) is 0 Å². The Labute approximate surface area is 122 Å². The highest BCUT2D eigenvalue weighted by atomic mass is 79.9. The molecular weight excluding hydrogens is 308 g/mol. The van der Waals surface area contributed by atoms with Crippen molar-refractivity contribution in [3.05, 3.63) is 21.7 Å². The van der Waals surface area contributed by atoms with E-state index in [2.05, 4.69) is 33.1 Å². The molecule has 0 spiro atoms. The van der Waals surface area contributed by atoms with E-state index in [1.165, 1.54) is 0 Å². The van der Waals surface area contributed by atoms with Gasteiger partial charge in [0.15, 0.2) is 11.5 Å². The zero-order valence-corrected chi connectivity index (χ0v) is 13.1. The lowest BCUT2D eigenvalue weighted by Crippen LogP contribution is -2.44. The summed E-state index contributed by atoms with van der Waals surface area (Å²) in [5.41, 5.74) is 2.31. The molecule has 1 heterocycles. The Morgan fingerprint density at radius 3 is 2.74 bits per heavy atom. The Morgan fingerprint density at radius 2 is 2.11 bits per heavy atom. The summed E-state index contributed by atoms with van der Waals surface area (Å²) in [6, 6.07) is 1.90. The first-order chi connectivity index (χ1) is 9.13. The fourth-order valence-corrected chi connectivity index (χ4v) is 3.15. The maximum absolute atomic E-state index is 10.0. The van der Waals surface area contributed by atoms with E-state index in [1.54, 1.807) is 7.11 Å². The molecule has 5 heteroatoms. The minimum absolute atomic E-state index is 0.198. The second kappa shape index (κ2) is 6.59. The predicted molar refractivity (Wildman–Crippen MR) is 80.1 cm³/mol. The van der Waals surface area contributed by atoms with Crippen LogP contribution >= 0.6 is 15.9 Å². The normalized spacial score (nSPS) is 16.6. The van der Waals surface area contributed by atoms with Crippen molar-refractivity contribution in [2.24, 2.45) is 0 Å². The Kier molecular flexibility index (Phi) is 5.07. The summed E-state index contributed by atoms with van der Waals surface area (Å²) in [6.45, 7) is 7.40. The van der Waals surface area contributed by atoms with Crippen LogP contribution in [-0.2, 0) is 6.42 Å². The van der Waals surface area contributed by atoms with E-state index in [1.807, 2.05) is 6.07 Å². The van der Waals surface area contributed by atoms with Crippen molar-refractivity contribution < 1.29 is 9.84 Å². The van der Waals surface area contributed by atoms with E-state index in [-0.39, 0.29) is 5.75 Å². The van der Waals surface area contributed by atoms with Gasteiger partial charge in [0.1, 0.15) is 0 Å². The van der Waals surface area contributed by atoms with Gasteiger partial charge in [0.25, 0.3) is 0 Å². The van der Waals surface area contributed by atoms with E-state index in [9.17, 15) is 5.11 Å². The number of aromatic hydroxyl groups is 1. The molecule has 2 rings (SSSR count). The van der Waals surface area contributed by atoms with Crippen LogP contribution < -0.4 is 10.1 Å². The van der Waals surface area contributed by atoms with Crippen molar-refractivity contribution in [3.63, 3.8) is 0 Å². The van der Waals surface area contributed by atoms with Crippen LogP contribution in [0.2, 0.25) is 0 Å². The highest BCUT2D eigenvalue weighted by Crippen LogP contribution is 2.38. The van der Waals surface area contributed by atoms with Crippen molar-refractivity contribution in [1.29, 1.82) is 0 Å². The van der Waals surface area contributed by atoms with Gasteiger partial charge in [-0.05, 0) is 46.5 Å². The average Bonchev–Trinajstić information content (AvgIpc) is 2.44. The number of methoxy groups -OCH3 is 1. The maximum atomic E-state index is 10.0. The molecule has 1 aromatic carbocycles. The quantitative estimate of drug-likeness (QED) is 0.886. The molecule has 0 radical (unpaired) electrons. The van der Waals surface area contributed by atoms with Gasteiger partial charge in [0.05, 0.1) is 11.6 Å². The van der Waals surface area contributed by atoms with Gasteiger partial charge in [-0.25, -0.2) is 0 Å². The number of phenols is 1. The molecule has 0 amide bonds. The third-order valence-electron chi connectivity index (χ3n) is 3.64.